The predicted molar refractivity (Wildman–Crippen MR) is 94.6 cm³/mol. The van der Waals surface area contributed by atoms with Gasteiger partial charge in [-0.05, 0) is 47.0 Å². The van der Waals surface area contributed by atoms with E-state index in [0.717, 1.165) is 29.9 Å². The van der Waals surface area contributed by atoms with Gasteiger partial charge >= 0.3 is 5.97 Å². The highest BCUT2D eigenvalue weighted by atomic mass is 16.5. The molecule has 0 spiro atoms. The lowest BCUT2D eigenvalue weighted by Gasteiger charge is -2.10. The molecule has 4 rings (SSSR count). The van der Waals surface area contributed by atoms with Crippen LogP contribution in [0, 0.1) is 0 Å². The van der Waals surface area contributed by atoms with E-state index in [9.17, 15) is 9.90 Å². The van der Waals surface area contributed by atoms with Gasteiger partial charge in [0, 0.05) is 6.42 Å². The number of carboxylic acid groups (broad SMARTS) is 1. The highest BCUT2D eigenvalue weighted by molar-refractivity contribution is 5.91. The summed E-state index contributed by atoms with van der Waals surface area (Å²) in [4.78, 5) is 11.3. The van der Waals surface area contributed by atoms with Crippen LogP contribution in [0.5, 0.6) is 17.2 Å². The molecule has 3 aromatic rings. The highest BCUT2D eigenvalue weighted by Crippen LogP contribution is 2.33. The molecule has 3 aromatic carbocycles. The molecule has 1 heterocycles. The minimum atomic E-state index is -1.01. The molecule has 0 bridgehead atoms. The van der Waals surface area contributed by atoms with Crippen LogP contribution >= 0.6 is 0 Å². The van der Waals surface area contributed by atoms with E-state index >= 15 is 0 Å². The van der Waals surface area contributed by atoms with E-state index < -0.39 is 5.97 Å². The maximum atomic E-state index is 11.3. The van der Waals surface area contributed by atoms with E-state index in [1.54, 1.807) is 18.2 Å². The average Bonchev–Trinajstić information content (AvgIpc) is 3.10. The van der Waals surface area contributed by atoms with Crippen molar-refractivity contribution in [2.24, 2.45) is 0 Å². The van der Waals surface area contributed by atoms with Crippen molar-refractivity contribution in [3.05, 3.63) is 77.9 Å². The standard InChI is InChI=1S/C21H16O4/c22-21(23)18-6-1-2-7-19(18)25-17-5-3-4-15(12-17)16-9-8-14-10-11-24-20(14)13-16/h1-9,12-13H,10-11H2,(H,22,23). The zero-order valence-corrected chi connectivity index (χ0v) is 13.4. The number of rotatable bonds is 4. The van der Waals surface area contributed by atoms with Crippen LogP contribution in [0.4, 0.5) is 0 Å². The summed E-state index contributed by atoms with van der Waals surface area (Å²) in [5.41, 5.74) is 3.39. The van der Waals surface area contributed by atoms with Gasteiger partial charge in [-0.2, -0.15) is 0 Å². The summed E-state index contributed by atoms with van der Waals surface area (Å²) in [5, 5.41) is 9.27. The fourth-order valence-electron chi connectivity index (χ4n) is 2.94. The lowest BCUT2D eigenvalue weighted by Crippen LogP contribution is -1.99. The molecule has 0 radical (unpaired) electrons. The minimum Gasteiger partial charge on any atom is -0.493 e. The SMILES string of the molecule is O=C(O)c1ccccc1Oc1cccc(-c2ccc3c(c2)OCC3)c1. The number of hydrogen-bond donors (Lipinski definition) is 1. The Kier molecular flexibility index (Phi) is 3.86. The number of ether oxygens (including phenoxy) is 2. The first-order valence-corrected chi connectivity index (χ1v) is 8.07. The minimum absolute atomic E-state index is 0.138. The molecule has 0 atom stereocenters. The van der Waals surface area contributed by atoms with E-state index in [-0.39, 0.29) is 5.56 Å². The Morgan fingerprint density at radius 1 is 0.960 bits per heavy atom. The molecule has 0 amide bonds. The predicted octanol–water partition coefficient (Wildman–Crippen LogP) is 4.78. The lowest BCUT2D eigenvalue weighted by atomic mass is 10.0. The molecule has 4 nitrogen and oxygen atoms in total. The van der Waals surface area contributed by atoms with Gasteiger partial charge in [-0.25, -0.2) is 4.79 Å². The topological polar surface area (TPSA) is 55.8 Å². The molecule has 25 heavy (non-hydrogen) atoms. The van der Waals surface area contributed by atoms with Crippen LogP contribution in [0.25, 0.3) is 11.1 Å². The van der Waals surface area contributed by atoms with Crippen LogP contribution in [0.2, 0.25) is 0 Å². The second kappa shape index (κ2) is 6.32. The number of para-hydroxylation sites is 1. The molecule has 0 aliphatic carbocycles. The van der Waals surface area contributed by atoms with Gasteiger partial charge in [0.25, 0.3) is 0 Å². The van der Waals surface area contributed by atoms with Crippen LogP contribution < -0.4 is 9.47 Å². The second-order valence-corrected chi connectivity index (χ2v) is 5.85. The first-order valence-electron chi connectivity index (χ1n) is 8.07. The molecule has 1 aliphatic rings. The fraction of sp³-hybridized carbons (Fsp3) is 0.0952. The number of carboxylic acids is 1. The summed E-state index contributed by atoms with van der Waals surface area (Å²) in [6, 6.07) is 20.4. The molecular weight excluding hydrogens is 316 g/mol. The number of aromatic carboxylic acids is 1. The van der Waals surface area contributed by atoms with Crippen molar-refractivity contribution in [2.75, 3.05) is 6.61 Å². The molecule has 1 N–H and O–H groups in total. The largest absolute Gasteiger partial charge is 0.493 e. The lowest BCUT2D eigenvalue weighted by molar-refractivity contribution is 0.0694. The van der Waals surface area contributed by atoms with Gasteiger partial charge in [-0.3, -0.25) is 0 Å². The Hall–Kier alpha value is -3.27. The Balaban J connectivity index is 1.65. The number of benzene rings is 3. The van der Waals surface area contributed by atoms with Crippen molar-refractivity contribution in [2.45, 2.75) is 6.42 Å². The maximum Gasteiger partial charge on any atom is 0.339 e. The number of hydrogen-bond acceptors (Lipinski definition) is 3. The molecule has 0 saturated carbocycles. The third-order valence-corrected chi connectivity index (χ3v) is 4.21. The Morgan fingerprint density at radius 3 is 2.68 bits per heavy atom. The van der Waals surface area contributed by atoms with Crippen LogP contribution in [0.15, 0.2) is 66.7 Å². The smallest absolute Gasteiger partial charge is 0.339 e. The van der Waals surface area contributed by atoms with Crippen molar-refractivity contribution in [3.8, 4) is 28.4 Å². The second-order valence-electron chi connectivity index (χ2n) is 5.85. The first-order chi connectivity index (χ1) is 12.2. The molecule has 0 aromatic heterocycles. The highest BCUT2D eigenvalue weighted by Gasteiger charge is 2.14. The summed E-state index contributed by atoms with van der Waals surface area (Å²) in [6.45, 7) is 0.730. The normalized spacial score (nSPS) is 12.3. The van der Waals surface area contributed by atoms with Gasteiger partial charge in [0.15, 0.2) is 0 Å². The van der Waals surface area contributed by atoms with Crippen LogP contribution in [-0.2, 0) is 6.42 Å². The molecular formula is C21H16O4. The zero-order valence-electron chi connectivity index (χ0n) is 13.4. The summed E-state index contributed by atoms with van der Waals surface area (Å²) in [6.07, 6.45) is 0.949. The van der Waals surface area contributed by atoms with E-state index in [1.165, 1.54) is 11.6 Å². The summed E-state index contributed by atoms with van der Waals surface area (Å²) in [7, 11) is 0. The van der Waals surface area contributed by atoms with Gasteiger partial charge in [0.1, 0.15) is 22.8 Å². The van der Waals surface area contributed by atoms with Crippen molar-refractivity contribution < 1.29 is 19.4 Å². The van der Waals surface area contributed by atoms with Crippen LogP contribution in [-0.4, -0.2) is 17.7 Å². The van der Waals surface area contributed by atoms with Crippen molar-refractivity contribution in [1.82, 2.24) is 0 Å². The van der Waals surface area contributed by atoms with E-state index in [4.69, 9.17) is 9.47 Å². The van der Waals surface area contributed by atoms with E-state index in [1.807, 2.05) is 30.3 Å². The summed E-state index contributed by atoms with van der Waals surface area (Å²) < 4.78 is 11.4. The Labute approximate surface area is 145 Å². The molecule has 0 saturated heterocycles. The fourth-order valence-corrected chi connectivity index (χ4v) is 2.94. The van der Waals surface area contributed by atoms with Gasteiger partial charge in [-0.15, -0.1) is 0 Å². The summed E-state index contributed by atoms with van der Waals surface area (Å²) >= 11 is 0. The molecule has 124 valence electrons. The number of carbonyl (C=O) groups is 1. The summed E-state index contributed by atoms with van der Waals surface area (Å²) in [5.74, 6) is 0.833. The van der Waals surface area contributed by atoms with E-state index in [0.29, 0.717) is 11.5 Å². The van der Waals surface area contributed by atoms with Gasteiger partial charge in [-0.1, -0.05) is 36.4 Å². The van der Waals surface area contributed by atoms with E-state index in [2.05, 4.69) is 12.1 Å². The van der Waals surface area contributed by atoms with Gasteiger partial charge in [0.2, 0.25) is 0 Å². The molecule has 4 heteroatoms. The van der Waals surface area contributed by atoms with Crippen molar-refractivity contribution in [3.63, 3.8) is 0 Å². The quantitative estimate of drug-likeness (QED) is 0.747. The monoisotopic (exact) mass is 332 g/mol. The average molecular weight is 332 g/mol. The molecule has 1 aliphatic heterocycles. The third kappa shape index (κ3) is 3.06. The number of fused-ring (bicyclic) bond motifs is 1. The van der Waals surface area contributed by atoms with Gasteiger partial charge in [0.05, 0.1) is 6.61 Å². The molecule has 0 unspecified atom stereocenters. The third-order valence-electron chi connectivity index (χ3n) is 4.21. The van der Waals surface area contributed by atoms with Gasteiger partial charge < -0.3 is 14.6 Å². The zero-order chi connectivity index (χ0) is 17.2. The van der Waals surface area contributed by atoms with Crippen LogP contribution in [0.3, 0.4) is 0 Å². The van der Waals surface area contributed by atoms with Crippen molar-refractivity contribution in [1.29, 1.82) is 0 Å². The molecule has 0 fully saturated rings. The first kappa shape index (κ1) is 15.3. The Morgan fingerprint density at radius 2 is 1.80 bits per heavy atom. The maximum absolute atomic E-state index is 11.3. The Bertz CT molecular complexity index is 946. The van der Waals surface area contributed by atoms with Crippen molar-refractivity contribution >= 4 is 5.97 Å². The van der Waals surface area contributed by atoms with Crippen LogP contribution in [0.1, 0.15) is 15.9 Å².